The average Bonchev–Trinajstić information content (AvgIpc) is 2.85. The lowest BCUT2D eigenvalue weighted by molar-refractivity contribution is -0.140. The highest BCUT2D eigenvalue weighted by Gasteiger charge is 2.35. The number of nitrogens with one attached hydrogen (secondary N) is 1. The molecule has 110 valence electrons. The summed E-state index contributed by atoms with van der Waals surface area (Å²) < 4.78 is 0. The first-order valence-corrected chi connectivity index (χ1v) is 8.13. The van der Waals surface area contributed by atoms with Crippen LogP contribution < -0.4 is 5.32 Å². The molecule has 0 radical (unpaired) electrons. The lowest BCUT2D eigenvalue weighted by Crippen LogP contribution is -2.49. The molecule has 5 nitrogen and oxygen atoms in total. The van der Waals surface area contributed by atoms with Crippen LogP contribution in [0.15, 0.2) is 0 Å². The number of carboxylic acid groups (broad SMARTS) is 1. The highest BCUT2D eigenvalue weighted by atomic mass is 32.2. The Hall–Kier alpha value is -0.910. The second-order valence-corrected chi connectivity index (χ2v) is 5.90. The molecule has 19 heavy (non-hydrogen) atoms. The number of hydrogen-bond acceptors (Lipinski definition) is 3. The van der Waals surface area contributed by atoms with Gasteiger partial charge in [0.05, 0.1) is 5.88 Å². The minimum Gasteiger partial charge on any atom is -0.480 e. The largest absolute Gasteiger partial charge is 0.480 e. The summed E-state index contributed by atoms with van der Waals surface area (Å²) in [5.74, 6) is 0.0340. The van der Waals surface area contributed by atoms with Crippen molar-refractivity contribution in [2.24, 2.45) is 0 Å². The number of carbonyl (C=O) groups excluding carboxylic acids is 1. The molecule has 0 aromatic carbocycles. The van der Waals surface area contributed by atoms with Crippen LogP contribution in [0, 0.1) is 0 Å². The molecule has 0 aromatic rings. The Morgan fingerprint density at radius 3 is 2.68 bits per heavy atom. The quantitative estimate of drug-likeness (QED) is 0.755. The number of carboxylic acids is 1. The van der Waals surface area contributed by atoms with Crippen molar-refractivity contribution in [1.29, 1.82) is 0 Å². The topological polar surface area (TPSA) is 69.6 Å². The van der Waals surface area contributed by atoms with Gasteiger partial charge in [-0.25, -0.2) is 9.59 Å². The Morgan fingerprint density at radius 2 is 2.11 bits per heavy atom. The van der Waals surface area contributed by atoms with Crippen molar-refractivity contribution >= 4 is 23.8 Å². The summed E-state index contributed by atoms with van der Waals surface area (Å²) in [7, 11) is 0. The molecule has 0 aliphatic carbocycles. The number of nitrogens with zero attached hydrogens (tertiary/aromatic N) is 1. The van der Waals surface area contributed by atoms with Crippen molar-refractivity contribution in [3.63, 3.8) is 0 Å². The monoisotopic (exact) mass is 288 g/mol. The SMILES string of the molecule is CCCCC(CCC)NC(=O)N1CSC[C@H]1C(=O)O. The van der Waals surface area contributed by atoms with Crippen LogP contribution in [0.25, 0.3) is 0 Å². The van der Waals surface area contributed by atoms with E-state index in [2.05, 4.69) is 19.2 Å². The van der Waals surface area contributed by atoms with Crippen LogP contribution in [-0.2, 0) is 4.79 Å². The second kappa shape index (κ2) is 8.30. The highest BCUT2D eigenvalue weighted by Crippen LogP contribution is 2.21. The minimum atomic E-state index is -0.916. The van der Waals surface area contributed by atoms with Gasteiger partial charge < -0.3 is 15.3 Å². The zero-order chi connectivity index (χ0) is 14.3. The van der Waals surface area contributed by atoms with Crippen LogP contribution in [0.1, 0.15) is 46.0 Å². The van der Waals surface area contributed by atoms with Gasteiger partial charge in [-0.1, -0.05) is 33.1 Å². The van der Waals surface area contributed by atoms with Crippen LogP contribution >= 0.6 is 11.8 Å². The number of urea groups is 1. The van der Waals surface area contributed by atoms with Gasteiger partial charge in [-0.05, 0) is 12.8 Å². The van der Waals surface area contributed by atoms with Gasteiger partial charge in [0.25, 0.3) is 0 Å². The standard InChI is InChI=1S/C13H24N2O3S/c1-3-5-7-10(6-4-2)14-13(18)15-9-19-8-11(15)12(16)17/h10-11H,3-9H2,1-2H3,(H,14,18)(H,16,17)/t10?,11-/m0/s1. The summed E-state index contributed by atoms with van der Waals surface area (Å²) in [6.07, 6.45) is 5.13. The molecule has 2 atom stereocenters. The van der Waals surface area contributed by atoms with Crippen LogP contribution in [0.3, 0.4) is 0 Å². The van der Waals surface area contributed by atoms with Gasteiger partial charge in [0, 0.05) is 11.8 Å². The summed E-state index contributed by atoms with van der Waals surface area (Å²) in [6.45, 7) is 4.22. The first kappa shape index (κ1) is 16.1. The maximum atomic E-state index is 12.1. The maximum absolute atomic E-state index is 12.1. The predicted molar refractivity (Wildman–Crippen MR) is 77.3 cm³/mol. The maximum Gasteiger partial charge on any atom is 0.327 e. The molecule has 2 amide bonds. The van der Waals surface area contributed by atoms with E-state index in [1.54, 1.807) is 0 Å². The number of rotatable bonds is 7. The van der Waals surface area contributed by atoms with E-state index in [1.165, 1.54) is 16.7 Å². The van der Waals surface area contributed by atoms with E-state index in [0.717, 1.165) is 32.1 Å². The van der Waals surface area contributed by atoms with Crippen LogP contribution in [-0.4, -0.2) is 45.7 Å². The second-order valence-electron chi connectivity index (χ2n) is 4.90. The fraction of sp³-hybridized carbons (Fsp3) is 0.846. The highest BCUT2D eigenvalue weighted by molar-refractivity contribution is 7.99. The van der Waals surface area contributed by atoms with Gasteiger partial charge >= 0.3 is 12.0 Å². The molecule has 1 rings (SSSR count). The molecule has 1 unspecified atom stereocenters. The summed E-state index contributed by atoms with van der Waals surface area (Å²) >= 11 is 1.49. The summed E-state index contributed by atoms with van der Waals surface area (Å²) in [6, 6.07) is -0.747. The van der Waals surface area contributed by atoms with E-state index in [-0.39, 0.29) is 12.1 Å². The molecule has 1 aliphatic rings. The number of hydrogen-bond donors (Lipinski definition) is 2. The third-order valence-electron chi connectivity index (χ3n) is 3.30. The molecule has 1 saturated heterocycles. The van der Waals surface area contributed by atoms with E-state index >= 15 is 0 Å². The molecule has 1 fully saturated rings. The molecule has 0 spiro atoms. The lowest BCUT2D eigenvalue weighted by atomic mass is 10.1. The Kier molecular flexibility index (Phi) is 7.05. The first-order valence-electron chi connectivity index (χ1n) is 6.97. The van der Waals surface area contributed by atoms with Gasteiger partial charge in [0.15, 0.2) is 0 Å². The van der Waals surface area contributed by atoms with E-state index in [0.29, 0.717) is 11.6 Å². The van der Waals surface area contributed by atoms with E-state index in [9.17, 15) is 9.59 Å². The lowest BCUT2D eigenvalue weighted by Gasteiger charge is -2.25. The van der Waals surface area contributed by atoms with Gasteiger partial charge in [-0.3, -0.25) is 0 Å². The van der Waals surface area contributed by atoms with Crippen molar-refractivity contribution in [2.45, 2.75) is 58.0 Å². The van der Waals surface area contributed by atoms with Gasteiger partial charge in [-0.2, -0.15) is 0 Å². The zero-order valence-corrected chi connectivity index (χ0v) is 12.5. The molecule has 0 bridgehead atoms. The summed E-state index contributed by atoms with van der Waals surface area (Å²) in [4.78, 5) is 24.6. The van der Waals surface area contributed by atoms with E-state index in [1.807, 2.05) is 0 Å². The van der Waals surface area contributed by atoms with Gasteiger partial charge in [0.2, 0.25) is 0 Å². The third-order valence-corrected chi connectivity index (χ3v) is 4.31. The van der Waals surface area contributed by atoms with Gasteiger partial charge in [0.1, 0.15) is 6.04 Å². The minimum absolute atomic E-state index is 0.164. The summed E-state index contributed by atoms with van der Waals surface area (Å²) in [5.41, 5.74) is 0. The zero-order valence-electron chi connectivity index (χ0n) is 11.7. The number of unbranched alkanes of at least 4 members (excludes halogenated alkanes) is 1. The Morgan fingerprint density at radius 1 is 1.37 bits per heavy atom. The van der Waals surface area contributed by atoms with Crippen molar-refractivity contribution in [3.8, 4) is 0 Å². The molecule has 2 N–H and O–H groups in total. The fourth-order valence-electron chi connectivity index (χ4n) is 2.19. The number of aliphatic carboxylic acids is 1. The van der Waals surface area contributed by atoms with Crippen molar-refractivity contribution in [1.82, 2.24) is 10.2 Å². The third kappa shape index (κ3) is 4.93. The van der Waals surface area contributed by atoms with Crippen molar-refractivity contribution < 1.29 is 14.7 Å². The smallest absolute Gasteiger partial charge is 0.327 e. The molecule has 1 aliphatic heterocycles. The molecular formula is C13H24N2O3S. The van der Waals surface area contributed by atoms with E-state index < -0.39 is 12.0 Å². The normalized spacial score (nSPS) is 20.3. The fourth-order valence-corrected chi connectivity index (χ4v) is 3.34. The first-order chi connectivity index (χ1) is 9.10. The number of amides is 2. The molecular weight excluding hydrogens is 264 g/mol. The molecule has 0 saturated carbocycles. The Bertz CT molecular complexity index is 312. The number of carbonyl (C=O) groups is 2. The molecule has 0 aromatic heterocycles. The number of thioether (sulfide) groups is 1. The summed E-state index contributed by atoms with van der Waals surface area (Å²) in [5, 5.41) is 12.1. The predicted octanol–water partition coefficient (Wildman–Crippen LogP) is 2.51. The average molecular weight is 288 g/mol. The Balaban J connectivity index is 2.52. The molecule has 1 heterocycles. The van der Waals surface area contributed by atoms with Gasteiger partial charge in [-0.15, -0.1) is 11.8 Å². The van der Waals surface area contributed by atoms with Crippen molar-refractivity contribution in [2.75, 3.05) is 11.6 Å². The molecule has 6 heteroatoms. The van der Waals surface area contributed by atoms with Crippen LogP contribution in [0.2, 0.25) is 0 Å². The van der Waals surface area contributed by atoms with Crippen molar-refractivity contribution in [3.05, 3.63) is 0 Å². The van der Waals surface area contributed by atoms with E-state index in [4.69, 9.17) is 5.11 Å². The Labute approximate surface area is 119 Å². The van der Waals surface area contributed by atoms with Crippen LogP contribution in [0.5, 0.6) is 0 Å². The van der Waals surface area contributed by atoms with Crippen LogP contribution in [0.4, 0.5) is 4.79 Å².